The van der Waals surface area contributed by atoms with Gasteiger partial charge in [0.05, 0.1) is 6.07 Å². The first-order valence-electron chi connectivity index (χ1n) is 2.50. The second-order valence-electron chi connectivity index (χ2n) is 1.52. The Bertz CT molecular complexity index is 284. The molecule has 0 fully saturated rings. The third-order valence-electron chi connectivity index (χ3n) is 0.888. The van der Waals surface area contributed by atoms with Crippen LogP contribution in [0.3, 0.4) is 0 Å². The fourth-order valence-corrected chi connectivity index (χ4v) is 1.67. The van der Waals surface area contributed by atoms with Crippen LogP contribution in [0.1, 0.15) is 5.56 Å². The predicted octanol–water partition coefficient (Wildman–Crippen LogP) is 2.44. The molecule has 0 aliphatic rings. The van der Waals surface area contributed by atoms with Crippen molar-refractivity contribution < 1.29 is 0 Å². The van der Waals surface area contributed by atoms with Crippen LogP contribution in [0.2, 0.25) is 0 Å². The van der Waals surface area contributed by atoms with E-state index in [1.54, 1.807) is 6.08 Å². The molecule has 0 N–H and O–H groups in total. The lowest BCUT2D eigenvalue weighted by Gasteiger charge is -1.80. The molecule has 0 spiro atoms. The zero-order valence-corrected chi connectivity index (χ0v) is 7.32. The molecule has 0 saturated carbocycles. The lowest BCUT2D eigenvalue weighted by molar-refractivity contribution is 1.48. The highest BCUT2D eigenvalue weighted by atomic mass is 79.9. The summed E-state index contributed by atoms with van der Waals surface area (Å²) in [4.78, 5) is 0. The summed E-state index contributed by atoms with van der Waals surface area (Å²) in [6.07, 6.45) is 3.14. The van der Waals surface area contributed by atoms with Crippen LogP contribution in [-0.4, -0.2) is 4.37 Å². The van der Waals surface area contributed by atoms with Crippen LogP contribution in [0, 0.1) is 11.3 Å². The number of nitriles is 1. The maximum atomic E-state index is 8.19. The van der Waals surface area contributed by atoms with Gasteiger partial charge in [0.2, 0.25) is 0 Å². The predicted molar refractivity (Wildman–Crippen MR) is 44.5 cm³/mol. The Kier molecular flexibility index (Phi) is 2.60. The van der Waals surface area contributed by atoms with Crippen molar-refractivity contribution in [1.82, 2.24) is 4.37 Å². The van der Waals surface area contributed by atoms with E-state index < -0.39 is 0 Å². The highest BCUT2D eigenvalue weighted by Gasteiger charge is 1.95. The Morgan fingerprint density at radius 1 is 1.80 bits per heavy atom. The summed E-state index contributed by atoms with van der Waals surface area (Å²) < 4.78 is 4.76. The van der Waals surface area contributed by atoms with E-state index in [1.165, 1.54) is 17.6 Å². The SMILES string of the molecule is N#C/C=C/c1csnc1Br. The summed E-state index contributed by atoms with van der Waals surface area (Å²) in [5.74, 6) is 0. The van der Waals surface area contributed by atoms with Gasteiger partial charge in [-0.2, -0.15) is 9.64 Å². The topological polar surface area (TPSA) is 36.7 Å². The van der Waals surface area contributed by atoms with Crippen molar-refractivity contribution in [3.8, 4) is 6.07 Å². The minimum atomic E-state index is 0.795. The van der Waals surface area contributed by atoms with E-state index in [4.69, 9.17) is 5.26 Å². The van der Waals surface area contributed by atoms with Gasteiger partial charge in [-0.05, 0) is 33.5 Å². The molecule has 2 nitrogen and oxygen atoms in total. The summed E-state index contributed by atoms with van der Waals surface area (Å²) in [5, 5.41) is 10.1. The number of nitrogens with zero attached hydrogens (tertiary/aromatic N) is 2. The van der Waals surface area contributed by atoms with Crippen LogP contribution in [0.4, 0.5) is 0 Å². The van der Waals surface area contributed by atoms with E-state index in [2.05, 4.69) is 20.3 Å². The Hall–Kier alpha value is -0.660. The average Bonchev–Trinajstić information content (AvgIpc) is 2.31. The average molecular weight is 215 g/mol. The molecular weight excluding hydrogens is 212 g/mol. The smallest absolute Gasteiger partial charge is 0.127 e. The third kappa shape index (κ3) is 1.66. The van der Waals surface area contributed by atoms with Crippen LogP contribution in [0.25, 0.3) is 6.08 Å². The minimum absolute atomic E-state index is 0.795. The molecule has 4 heteroatoms. The zero-order valence-electron chi connectivity index (χ0n) is 4.91. The Morgan fingerprint density at radius 3 is 3.10 bits per heavy atom. The third-order valence-corrected chi connectivity index (χ3v) is 2.41. The van der Waals surface area contributed by atoms with Crippen LogP contribution in [-0.2, 0) is 0 Å². The minimum Gasteiger partial charge on any atom is -0.193 e. The molecule has 50 valence electrons. The molecule has 0 aliphatic carbocycles. The van der Waals surface area contributed by atoms with Crippen molar-refractivity contribution in [3.63, 3.8) is 0 Å². The van der Waals surface area contributed by atoms with Gasteiger partial charge in [-0.3, -0.25) is 0 Å². The van der Waals surface area contributed by atoms with Crippen LogP contribution >= 0.6 is 27.5 Å². The van der Waals surface area contributed by atoms with Gasteiger partial charge in [0.15, 0.2) is 0 Å². The Balaban J connectivity index is 2.87. The first-order valence-corrected chi connectivity index (χ1v) is 4.13. The molecule has 1 aromatic heterocycles. The second kappa shape index (κ2) is 3.49. The van der Waals surface area contributed by atoms with Gasteiger partial charge in [0.1, 0.15) is 4.60 Å². The van der Waals surface area contributed by atoms with Gasteiger partial charge >= 0.3 is 0 Å². The summed E-state index contributed by atoms with van der Waals surface area (Å²) in [6, 6.07) is 1.91. The van der Waals surface area contributed by atoms with Crippen molar-refractivity contribution in [2.75, 3.05) is 0 Å². The molecule has 0 aromatic carbocycles. The maximum absolute atomic E-state index is 8.19. The highest BCUT2D eigenvalue weighted by molar-refractivity contribution is 9.10. The van der Waals surface area contributed by atoms with Crippen molar-refractivity contribution in [2.45, 2.75) is 0 Å². The Labute approximate surface area is 71.1 Å². The molecule has 0 unspecified atom stereocenters. The molecule has 0 atom stereocenters. The van der Waals surface area contributed by atoms with Gasteiger partial charge in [0, 0.05) is 17.0 Å². The van der Waals surface area contributed by atoms with Crippen LogP contribution in [0.5, 0.6) is 0 Å². The number of halogens is 1. The number of hydrogen-bond acceptors (Lipinski definition) is 3. The monoisotopic (exact) mass is 214 g/mol. The van der Waals surface area contributed by atoms with E-state index in [0.29, 0.717) is 0 Å². The van der Waals surface area contributed by atoms with E-state index >= 15 is 0 Å². The number of aromatic nitrogens is 1. The first-order chi connectivity index (χ1) is 4.84. The molecule has 1 heterocycles. The van der Waals surface area contributed by atoms with E-state index in [1.807, 2.05) is 11.4 Å². The molecule has 0 radical (unpaired) electrons. The quantitative estimate of drug-likeness (QED) is 0.674. The highest BCUT2D eigenvalue weighted by Crippen LogP contribution is 2.17. The fourth-order valence-electron chi connectivity index (χ4n) is 0.466. The van der Waals surface area contributed by atoms with Crippen molar-refractivity contribution in [3.05, 3.63) is 21.6 Å². The first kappa shape index (κ1) is 7.45. The molecule has 0 aliphatic heterocycles. The summed E-state index contributed by atoms with van der Waals surface area (Å²) >= 11 is 4.59. The molecular formula is C6H3BrN2S. The van der Waals surface area contributed by atoms with Crippen LogP contribution < -0.4 is 0 Å². The van der Waals surface area contributed by atoms with E-state index in [9.17, 15) is 0 Å². The van der Waals surface area contributed by atoms with Crippen LogP contribution in [0.15, 0.2) is 16.1 Å². The Morgan fingerprint density at radius 2 is 2.60 bits per heavy atom. The van der Waals surface area contributed by atoms with E-state index in [0.717, 1.165) is 10.2 Å². The van der Waals surface area contributed by atoms with Crippen molar-refractivity contribution in [2.24, 2.45) is 0 Å². The number of hydrogen-bond donors (Lipinski definition) is 0. The number of allylic oxidation sites excluding steroid dienone is 1. The van der Waals surface area contributed by atoms with Gasteiger partial charge in [-0.15, -0.1) is 0 Å². The zero-order chi connectivity index (χ0) is 7.40. The molecule has 1 aromatic rings. The van der Waals surface area contributed by atoms with Gasteiger partial charge in [-0.25, -0.2) is 0 Å². The van der Waals surface area contributed by atoms with E-state index in [-0.39, 0.29) is 0 Å². The lowest BCUT2D eigenvalue weighted by atomic mass is 10.3. The summed E-state index contributed by atoms with van der Waals surface area (Å²) in [7, 11) is 0. The molecule has 0 saturated heterocycles. The second-order valence-corrected chi connectivity index (χ2v) is 2.90. The normalized spacial score (nSPS) is 10.0. The molecule has 1 rings (SSSR count). The lowest BCUT2D eigenvalue weighted by Crippen LogP contribution is -1.64. The van der Waals surface area contributed by atoms with Gasteiger partial charge in [0.25, 0.3) is 0 Å². The molecule has 0 bridgehead atoms. The van der Waals surface area contributed by atoms with Crippen molar-refractivity contribution in [1.29, 1.82) is 5.26 Å². The van der Waals surface area contributed by atoms with Crippen molar-refractivity contribution >= 4 is 33.5 Å². The summed E-state index contributed by atoms with van der Waals surface area (Å²) in [6.45, 7) is 0. The fraction of sp³-hybridized carbons (Fsp3) is 0. The number of rotatable bonds is 1. The molecule has 0 amide bonds. The largest absolute Gasteiger partial charge is 0.193 e. The molecule has 10 heavy (non-hydrogen) atoms. The van der Waals surface area contributed by atoms with Gasteiger partial charge in [-0.1, -0.05) is 0 Å². The standard InChI is InChI=1S/C6H3BrN2S/c7-6-5(2-1-3-8)4-10-9-6/h1-2,4H/b2-1+. The summed E-state index contributed by atoms with van der Waals surface area (Å²) in [5.41, 5.74) is 0.951. The maximum Gasteiger partial charge on any atom is 0.127 e. The van der Waals surface area contributed by atoms with Gasteiger partial charge < -0.3 is 0 Å².